The van der Waals surface area contributed by atoms with Gasteiger partial charge in [-0.15, -0.1) is 0 Å². The Balaban J connectivity index is 3.60. The number of hydrogen-bond donors (Lipinski definition) is 2. The molecule has 1 aromatic carbocycles. The van der Waals surface area contributed by atoms with Crippen molar-refractivity contribution in [3.63, 3.8) is 0 Å². The van der Waals surface area contributed by atoms with Crippen LogP contribution < -0.4 is 0 Å². The summed E-state index contributed by atoms with van der Waals surface area (Å²) in [5, 5.41) is 19.4. The first-order valence-electron chi connectivity index (χ1n) is 3.60. The summed E-state index contributed by atoms with van der Waals surface area (Å²) in [5.41, 5.74) is 0.625. The zero-order chi connectivity index (χ0) is 11.0. The maximum atomic E-state index is 9.87. The lowest BCUT2D eigenvalue weighted by atomic mass is 10.1. The first-order valence-corrected chi connectivity index (χ1v) is 7.92. The third-order valence-corrected chi connectivity index (χ3v) is 9.12. The topological polar surface area (TPSA) is 40.5 Å². The van der Waals surface area contributed by atoms with E-state index < -0.39 is 6.10 Å². The summed E-state index contributed by atoms with van der Waals surface area (Å²) in [6.45, 7) is 1.66. The normalized spacial score (nSPS) is 13.0. The number of aliphatic hydroxyl groups excluding tert-OH is 1. The summed E-state index contributed by atoms with van der Waals surface area (Å²) < 4.78 is 3.86. The van der Waals surface area contributed by atoms with Crippen LogP contribution in [0.4, 0.5) is 0 Å². The summed E-state index contributed by atoms with van der Waals surface area (Å²) in [6, 6.07) is 0. The molecule has 0 spiro atoms. The van der Waals surface area contributed by atoms with Gasteiger partial charge in [0, 0.05) is 16.3 Å². The zero-order valence-electron chi connectivity index (χ0n) is 6.98. The van der Waals surface area contributed by atoms with Crippen LogP contribution in [0.5, 0.6) is 5.75 Å². The molecule has 0 heterocycles. The second-order valence-electron chi connectivity index (χ2n) is 2.69. The lowest BCUT2D eigenvalue weighted by molar-refractivity contribution is 0.193. The van der Waals surface area contributed by atoms with Crippen molar-refractivity contribution in [3.05, 3.63) is 19.8 Å². The number of benzene rings is 1. The standard InChI is InChI=1S/C8H6I4O2/c1-2(13)3-4(9)5(10)6(11)7(12)8(3)14/h2,13-14H,1H3. The minimum absolute atomic E-state index is 0.204. The van der Waals surface area contributed by atoms with Crippen LogP contribution >= 0.6 is 90.4 Å². The first kappa shape index (κ1) is 14.0. The Kier molecular flexibility index (Phi) is 5.48. The summed E-state index contributed by atoms with van der Waals surface area (Å²) >= 11 is 8.67. The Morgan fingerprint density at radius 3 is 1.79 bits per heavy atom. The molecule has 0 saturated carbocycles. The number of aliphatic hydroxyl groups is 1. The van der Waals surface area contributed by atoms with Crippen LogP contribution in [-0.4, -0.2) is 10.2 Å². The summed E-state index contributed by atoms with van der Waals surface area (Å²) in [6.07, 6.45) is -0.638. The van der Waals surface area contributed by atoms with Gasteiger partial charge in [-0.3, -0.25) is 0 Å². The Morgan fingerprint density at radius 2 is 1.36 bits per heavy atom. The van der Waals surface area contributed by atoms with Gasteiger partial charge in [0.05, 0.1) is 9.67 Å². The van der Waals surface area contributed by atoms with E-state index in [9.17, 15) is 10.2 Å². The minimum atomic E-state index is -0.638. The van der Waals surface area contributed by atoms with E-state index in [2.05, 4.69) is 90.4 Å². The van der Waals surface area contributed by atoms with E-state index in [0.717, 1.165) is 14.3 Å². The average Bonchev–Trinajstić information content (AvgIpc) is 2.11. The van der Waals surface area contributed by atoms with Crippen molar-refractivity contribution in [3.8, 4) is 5.75 Å². The summed E-state index contributed by atoms with van der Waals surface area (Å²) in [4.78, 5) is 0. The molecule has 0 fully saturated rings. The number of phenols is 1. The van der Waals surface area contributed by atoms with Gasteiger partial charge in [-0.1, -0.05) is 0 Å². The molecule has 0 amide bonds. The van der Waals surface area contributed by atoms with E-state index in [4.69, 9.17) is 0 Å². The van der Waals surface area contributed by atoms with Crippen LogP contribution in [0.15, 0.2) is 0 Å². The largest absolute Gasteiger partial charge is 0.506 e. The van der Waals surface area contributed by atoms with E-state index in [0.29, 0.717) is 5.56 Å². The molecule has 0 aliphatic rings. The summed E-state index contributed by atoms with van der Waals surface area (Å²) in [5.74, 6) is 0.204. The van der Waals surface area contributed by atoms with E-state index in [1.807, 2.05) is 0 Å². The SMILES string of the molecule is CC(O)c1c(O)c(I)c(I)c(I)c1I. The molecule has 0 aliphatic heterocycles. The van der Waals surface area contributed by atoms with Crippen molar-refractivity contribution in [1.29, 1.82) is 0 Å². The molecular weight excluding hydrogens is 636 g/mol. The van der Waals surface area contributed by atoms with Crippen molar-refractivity contribution in [2.75, 3.05) is 0 Å². The van der Waals surface area contributed by atoms with Gasteiger partial charge in [0.1, 0.15) is 5.75 Å². The van der Waals surface area contributed by atoms with Crippen LogP contribution in [0, 0.1) is 14.3 Å². The van der Waals surface area contributed by atoms with Crippen LogP contribution in [0.3, 0.4) is 0 Å². The molecule has 0 radical (unpaired) electrons. The van der Waals surface area contributed by atoms with Crippen LogP contribution in [0.2, 0.25) is 0 Å². The molecule has 2 N–H and O–H groups in total. The molecule has 1 atom stereocenters. The Bertz CT molecular complexity index is 347. The van der Waals surface area contributed by atoms with Crippen molar-refractivity contribution in [2.45, 2.75) is 13.0 Å². The van der Waals surface area contributed by atoms with Gasteiger partial charge in [-0.25, -0.2) is 0 Å². The molecule has 1 rings (SSSR count). The van der Waals surface area contributed by atoms with Crippen LogP contribution in [-0.2, 0) is 0 Å². The van der Waals surface area contributed by atoms with Gasteiger partial charge in [0.15, 0.2) is 0 Å². The number of phenolic OH excluding ortho intramolecular Hbond substituents is 1. The molecule has 78 valence electrons. The van der Waals surface area contributed by atoms with Crippen LogP contribution in [0.1, 0.15) is 18.6 Å². The third-order valence-electron chi connectivity index (χ3n) is 1.70. The highest BCUT2D eigenvalue weighted by Gasteiger charge is 2.20. The number of halogens is 4. The number of aromatic hydroxyl groups is 1. The van der Waals surface area contributed by atoms with E-state index in [-0.39, 0.29) is 5.75 Å². The Morgan fingerprint density at radius 1 is 0.929 bits per heavy atom. The second kappa shape index (κ2) is 5.49. The van der Waals surface area contributed by atoms with Crippen molar-refractivity contribution in [1.82, 2.24) is 0 Å². The second-order valence-corrected chi connectivity index (χ2v) is 7.01. The fourth-order valence-electron chi connectivity index (χ4n) is 1.02. The highest BCUT2D eigenvalue weighted by molar-refractivity contribution is 14.1. The average molecular weight is 642 g/mol. The van der Waals surface area contributed by atoms with Crippen molar-refractivity contribution >= 4 is 90.4 Å². The molecule has 0 bridgehead atoms. The van der Waals surface area contributed by atoms with Gasteiger partial charge < -0.3 is 10.2 Å². The monoisotopic (exact) mass is 642 g/mol. The molecule has 2 nitrogen and oxygen atoms in total. The smallest absolute Gasteiger partial charge is 0.136 e. The van der Waals surface area contributed by atoms with Gasteiger partial charge in [-0.05, 0) is 97.3 Å². The van der Waals surface area contributed by atoms with E-state index in [1.165, 1.54) is 0 Å². The number of rotatable bonds is 1. The predicted octanol–water partition coefficient (Wildman–Crippen LogP) is 3.86. The Hall–Kier alpha value is 1.90. The fraction of sp³-hybridized carbons (Fsp3) is 0.250. The van der Waals surface area contributed by atoms with Gasteiger partial charge in [0.25, 0.3) is 0 Å². The van der Waals surface area contributed by atoms with E-state index >= 15 is 0 Å². The highest BCUT2D eigenvalue weighted by atomic mass is 127. The van der Waals surface area contributed by atoms with E-state index in [1.54, 1.807) is 6.92 Å². The fourth-order valence-corrected chi connectivity index (χ4v) is 4.67. The minimum Gasteiger partial charge on any atom is -0.506 e. The Labute approximate surface area is 137 Å². The molecule has 0 saturated heterocycles. The van der Waals surface area contributed by atoms with Gasteiger partial charge >= 0.3 is 0 Å². The molecule has 0 aromatic heterocycles. The molecule has 6 heteroatoms. The quantitative estimate of drug-likeness (QED) is 0.278. The maximum absolute atomic E-state index is 9.87. The highest BCUT2D eigenvalue weighted by Crippen LogP contribution is 2.39. The molecule has 1 unspecified atom stereocenters. The summed E-state index contributed by atoms with van der Waals surface area (Å²) in [7, 11) is 0. The molecule has 14 heavy (non-hydrogen) atoms. The maximum Gasteiger partial charge on any atom is 0.136 e. The van der Waals surface area contributed by atoms with Gasteiger partial charge in [-0.2, -0.15) is 0 Å². The number of hydrogen-bond acceptors (Lipinski definition) is 2. The molecule has 0 aliphatic carbocycles. The molecular formula is C8H6I4O2. The van der Waals surface area contributed by atoms with Crippen LogP contribution in [0.25, 0.3) is 0 Å². The van der Waals surface area contributed by atoms with Gasteiger partial charge in [0.2, 0.25) is 0 Å². The zero-order valence-corrected chi connectivity index (χ0v) is 15.6. The lowest BCUT2D eigenvalue weighted by Crippen LogP contribution is -2.02. The molecule has 1 aromatic rings. The lowest BCUT2D eigenvalue weighted by Gasteiger charge is -2.15. The van der Waals surface area contributed by atoms with Crippen molar-refractivity contribution < 1.29 is 10.2 Å². The predicted molar refractivity (Wildman–Crippen MR) is 89.6 cm³/mol. The first-order chi connectivity index (χ1) is 6.37. The third kappa shape index (κ3) is 2.59. The van der Waals surface area contributed by atoms with Crippen molar-refractivity contribution in [2.24, 2.45) is 0 Å².